The zero-order chi connectivity index (χ0) is 15.9. The number of nitrogens with zero attached hydrogens (tertiary/aromatic N) is 1. The molecule has 1 atom stereocenters. The van der Waals surface area contributed by atoms with Crippen molar-refractivity contribution in [1.29, 1.82) is 0 Å². The second-order valence-corrected chi connectivity index (χ2v) is 6.40. The lowest BCUT2D eigenvalue weighted by Gasteiger charge is -2.25. The van der Waals surface area contributed by atoms with Crippen LogP contribution in [0.3, 0.4) is 0 Å². The van der Waals surface area contributed by atoms with Gasteiger partial charge in [0, 0.05) is 12.1 Å². The molecule has 0 N–H and O–H groups in total. The number of hydrogen-bond acceptors (Lipinski definition) is 3. The highest BCUT2D eigenvalue weighted by Crippen LogP contribution is 2.32. The van der Waals surface area contributed by atoms with E-state index in [1.165, 1.54) is 51.1 Å². The third kappa shape index (κ3) is 4.70. The summed E-state index contributed by atoms with van der Waals surface area (Å²) in [6, 6.07) is 9.09. The van der Waals surface area contributed by atoms with Gasteiger partial charge in [-0.05, 0) is 55.5 Å². The zero-order valence-corrected chi connectivity index (χ0v) is 13.9. The summed E-state index contributed by atoms with van der Waals surface area (Å²) in [6.45, 7) is 6.97. The van der Waals surface area contributed by atoms with Crippen molar-refractivity contribution in [2.24, 2.45) is 5.92 Å². The highest BCUT2D eigenvalue weighted by molar-refractivity contribution is 5.86. The zero-order valence-electron chi connectivity index (χ0n) is 13.9. The molecule has 3 heteroatoms. The van der Waals surface area contributed by atoms with E-state index in [1.54, 1.807) is 6.08 Å². The van der Waals surface area contributed by atoms with Crippen molar-refractivity contribution in [2.75, 3.05) is 20.2 Å². The minimum atomic E-state index is -0.320. The number of rotatable bonds is 6. The Kier molecular flexibility index (Phi) is 6.20. The predicted molar refractivity (Wildman–Crippen MR) is 90.5 cm³/mol. The molecule has 1 fully saturated rings. The number of likely N-dealkylation sites (tertiary alicyclic amines) is 1. The Labute approximate surface area is 134 Å². The maximum absolute atomic E-state index is 11.1. The van der Waals surface area contributed by atoms with Crippen LogP contribution in [0.1, 0.15) is 50.3 Å². The van der Waals surface area contributed by atoms with E-state index in [0.717, 1.165) is 11.5 Å². The number of carbonyl (C=O) groups is 1. The number of ether oxygens (including phenoxy) is 1. The number of hydrogen-bond donors (Lipinski definition) is 0. The molecular formula is C19H27NO2. The van der Waals surface area contributed by atoms with Crippen LogP contribution in [-0.4, -0.2) is 31.1 Å². The van der Waals surface area contributed by atoms with E-state index in [-0.39, 0.29) is 5.97 Å². The summed E-state index contributed by atoms with van der Waals surface area (Å²) in [5.74, 6) is 0.437. The highest BCUT2D eigenvalue weighted by Gasteiger charge is 2.25. The van der Waals surface area contributed by atoms with Gasteiger partial charge >= 0.3 is 5.97 Å². The van der Waals surface area contributed by atoms with Gasteiger partial charge in [-0.1, -0.05) is 38.1 Å². The molecule has 1 aromatic carbocycles. The number of methoxy groups -OCH3 is 1. The van der Waals surface area contributed by atoms with Crippen LogP contribution in [-0.2, 0) is 9.53 Å². The van der Waals surface area contributed by atoms with Gasteiger partial charge in [0.05, 0.1) is 7.11 Å². The first-order valence-electron chi connectivity index (χ1n) is 8.20. The lowest BCUT2D eigenvalue weighted by Crippen LogP contribution is -2.25. The average molecular weight is 301 g/mol. The molecule has 0 spiro atoms. The van der Waals surface area contributed by atoms with E-state index in [4.69, 9.17) is 0 Å². The van der Waals surface area contributed by atoms with Crippen molar-refractivity contribution >= 4 is 12.0 Å². The molecular weight excluding hydrogens is 274 g/mol. The third-order valence-electron chi connectivity index (χ3n) is 4.29. The lowest BCUT2D eigenvalue weighted by molar-refractivity contribution is -0.134. The summed E-state index contributed by atoms with van der Waals surface area (Å²) in [4.78, 5) is 13.7. The van der Waals surface area contributed by atoms with Crippen LogP contribution in [0.4, 0.5) is 0 Å². The summed E-state index contributed by atoms with van der Waals surface area (Å²) >= 11 is 0. The molecule has 0 aliphatic carbocycles. The van der Waals surface area contributed by atoms with E-state index < -0.39 is 0 Å². The Hall–Kier alpha value is -1.61. The van der Waals surface area contributed by atoms with Gasteiger partial charge in [0.1, 0.15) is 0 Å². The van der Waals surface area contributed by atoms with Crippen molar-refractivity contribution in [3.8, 4) is 0 Å². The van der Waals surface area contributed by atoms with Crippen molar-refractivity contribution in [2.45, 2.75) is 39.2 Å². The van der Waals surface area contributed by atoms with Gasteiger partial charge in [-0.25, -0.2) is 4.79 Å². The Morgan fingerprint density at radius 3 is 2.73 bits per heavy atom. The number of esters is 1. The van der Waals surface area contributed by atoms with Crippen molar-refractivity contribution < 1.29 is 9.53 Å². The van der Waals surface area contributed by atoms with Gasteiger partial charge in [0.15, 0.2) is 0 Å². The molecule has 0 amide bonds. The van der Waals surface area contributed by atoms with Crippen LogP contribution in [0.15, 0.2) is 30.3 Å². The maximum Gasteiger partial charge on any atom is 0.330 e. The quantitative estimate of drug-likeness (QED) is 0.586. The molecule has 1 aromatic rings. The molecule has 2 rings (SSSR count). The first-order valence-corrected chi connectivity index (χ1v) is 8.20. The number of carbonyl (C=O) groups excluding carboxylic acids is 1. The fourth-order valence-electron chi connectivity index (χ4n) is 2.96. The van der Waals surface area contributed by atoms with E-state index >= 15 is 0 Å². The summed E-state index contributed by atoms with van der Waals surface area (Å²) in [5.41, 5.74) is 2.41. The molecule has 120 valence electrons. The van der Waals surface area contributed by atoms with E-state index in [1.807, 2.05) is 0 Å². The Morgan fingerprint density at radius 1 is 1.36 bits per heavy atom. The van der Waals surface area contributed by atoms with Crippen LogP contribution < -0.4 is 0 Å². The Balaban J connectivity index is 1.99. The van der Waals surface area contributed by atoms with Gasteiger partial charge in [0.25, 0.3) is 0 Å². The van der Waals surface area contributed by atoms with Crippen molar-refractivity contribution in [3.05, 3.63) is 41.5 Å². The van der Waals surface area contributed by atoms with E-state index in [2.05, 4.69) is 47.7 Å². The highest BCUT2D eigenvalue weighted by atomic mass is 16.5. The predicted octanol–water partition coefficient (Wildman–Crippen LogP) is 4.06. The summed E-state index contributed by atoms with van der Waals surface area (Å²) < 4.78 is 4.60. The lowest BCUT2D eigenvalue weighted by atomic mass is 10.0. The van der Waals surface area contributed by atoms with Gasteiger partial charge < -0.3 is 4.74 Å². The summed E-state index contributed by atoms with van der Waals surface area (Å²) in [7, 11) is 1.39. The van der Waals surface area contributed by atoms with E-state index in [0.29, 0.717) is 6.04 Å². The van der Waals surface area contributed by atoms with Gasteiger partial charge in [-0.15, -0.1) is 0 Å². The first-order chi connectivity index (χ1) is 10.6. The average Bonchev–Trinajstić information content (AvgIpc) is 2.99. The monoisotopic (exact) mass is 301 g/mol. The fraction of sp³-hybridized carbons (Fsp3) is 0.526. The smallest absolute Gasteiger partial charge is 0.330 e. The Bertz CT molecular complexity index is 505. The second-order valence-electron chi connectivity index (χ2n) is 6.40. The molecule has 22 heavy (non-hydrogen) atoms. The normalized spacial score (nSPS) is 19.2. The first kappa shape index (κ1) is 16.8. The van der Waals surface area contributed by atoms with Crippen LogP contribution in [0.5, 0.6) is 0 Å². The molecule has 1 saturated heterocycles. The summed E-state index contributed by atoms with van der Waals surface area (Å²) in [6.07, 6.45) is 7.04. The largest absolute Gasteiger partial charge is 0.466 e. The van der Waals surface area contributed by atoms with E-state index in [9.17, 15) is 4.79 Å². The van der Waals surface area contributed by atoms with Crippen LogP contribution in [0.2, 0.25) is 0 Å². The topological polar surface area (TPSA) is 29.5 Å². The van der Waals surface area contributed by atoms with Crippen molar-refractivity contribution in [3.63, 3.8) is 0 Å². The second kappa shape index (κ2) is 8.14. The molecule has 0 bridgehead atoms. The Morgan fingerprint density at radius 2 is 2.09 bits per heavy atom. The summed E-state index contributed by atoms with van der Waals surface area (Å²) in [5, 5.41) is 0. The minimum absolute atomic E-state index is 0.320. The number of benzene rings is 1. The minimum Gasteiger partial charge on any atom is -0.466 e. The molecule has 1 heterocycles. The van der Waals surface area contributed by atoms with Crippen LogP contribution in [0.25, 0.3) is 6.08 Å². The third-order valence-corrected chi connectivity index (χ3v) is 4.29. The molecule has 1 unspecified atom stereocenters. The molecule has 3 nitrogen and oxygen atoms in total. The molecule has 0 radical (unpaired) electrons. The fourth-order valence-corrected chi connectivity index (χ4v) is 2.96. The molecule has 0 aromatic heterocycles. The standard InChI is InChI=1S/C19H27NO2/c1-15(2)12-14-20-13-4-5-18(20)17-9-6-16(7-10-17)8-11-19(21)22-3/h6-11,15,18H,4-5,12-14H2,1-3H3/b11-8+. The maximum atomic E-state index is 11.1. The molecule has 1 aliphatic heterocycles. The van der Waals surface area contributed by atoms with Gasteiger partial charge in [-0.2, -0.15) is 0 Å². The van der Waals surface area contributed by atoms with Crippen LogP contribution >= 0.6 is 0 Å². The van der Waals surface area contributed by atoms with Gasteiger partial charge in [0.2, 0.25) is 0 Å². The van der Waals surface area contributed by atoms with Gasteiger partial charge in [-0.3, -0.25) is 4.90 Å². The molecule has 1 aliphatic rings. The van der Waals surface area contributed by atoms with Crippen molar-refractivity contribution in [1.82, 2.24) is 4.90 Å². The SMILES string of the molecule is COC(=O)/C=C/c1ccc(C2CCCN2CCC(C)C)cc1. The van der Waals surface area contributed by atoms with Crippen LogP contribution in [0, 0.1) is 5.92 Å². The molecule has 0 saturated carbocycles.